The summed E-state index contributed by atoms with van der Waals surface area (Å²) in [5.41, 5.74) is 0.617. The molecule has 100 valence electrons. The standard InChI is InChI=1S/C14H21NO3/c1-5-6-9-15(2)14(16)11-7-8-12(17-3)13(10-11)18-4/h7-8,10H,5-6,9H2,1-4H3. The quantitative estimate of drug-likeness (QED) is 0.780. The zero-order valence-corrected chi connectivity index (χ0v) is 11.5. The average Bonchev–Trinajstić information content (AvgIpc) is 2.42. The molecule has 0 saturated heterocycles. The minimum atomic E-state index is 0.00408. The Kier molecular flexibility index (Phi) is 5.49. The Hall–Kier alpha value is -1.71. The molecule has 0 aliphatic heterocycles. The Balaban J connectivity index is 2.86. The number of carbonyl (C=O) groups excluding carboxylic acids is 1. The Bertz CT molecular complexity index is 404. The average molecular weight is 251 g/mol. The molecular formula is C14H21NO3. The molecule has 1 amide bonds. The van der Waals surface area contributed by atoms with Gasteiger partial charge in [-0.25, -0.2) is 0 Å². The lowest BCUT2D eigenvalue weighted by Gasteiger charge is -2.17. The second kappa shape index (κ2) is 6.89. The number of hydrogen-bond acceptors (Lipinski definition) is 3. The van der Waals surface area contributed by atoms with Crippen LogP contribution in [0.25, 0.3) is 0 Å². The molecular weight excluding hydrogens is 230 g/mol. The summed E-state index contributed by atoms with van der Waals surface area (Å²) >= 11 is 0. The summed E-state index contributed by atoms with van der Waals surface area (Å²) in [5, 5.41) is 0. The third-order valence-corrected chi connectivity index (χ3v) is 2.82. The summed E-state index contributed by atoms with van der Waals surface area (Å²) in [6.07, 6.45) is 2.08. The molecule has 1 rings (SSSR count). The number of ether oxygens (including phenoxy) is 2. The van der Waals surface area contributed by atoms with Crippen LogP contribution in [0.3, 0.4) is 0 Å². The van der Waals surface area contributed by atoms with Crippen molar-refractivity contribution < 1.29 is 14.3 Å². The Labute approximate surface area is 108 Å². The van der Waals surface area contributed by atoms with Crippen molar-refractivity contribution in [3.8, 4) is 11.5 Å². The maximum absolute atomic E-state index is 12.1. The number of hydrogen-bond donors (Lipinski definition) is 0. The number of unbranched alkanes of at least 4 members (excludes halogenated alkanes) is 1. The van der Waals surface area contributed by atoms with Gasteiger partial charge in [-0.3, -0.25) is 4.79 Å². The molecule has 0 saturated carbocycles. The molecule has 4 heteroatoms. The summed E-state index contributed by atoms with van der Waals surface area (Å²) in [4.78, 5) is 13.9. The van der Waals surface area contributed by atoms with Gasteiger partial charge in [0.2, 0.25) is 0 Å². The van der Waals surface area contributed by atoms with E-state index in [2.05, 4.69) is 6.92 Å². The van der Waals surface area contributed by atoms with Crippen molar-refractivity contribution in [1.29, 1.82) is 0 Å². The number of carbonyl (C=O) groups is 1. The molecule has 0 atom stereocenters. The maximum Gasteiger partial charge on any atom is 0.253 e. The van der Waals surface area contributed by atoms with Gasteiger partial charge in [0.1, 0.15) is 0 Å². The zero-order chi connectivity index (χ0) is 13.5. The van der Waals surface area contributed by atoms with Crippen molar-refractivity contribution in [2.75, 3.05) is 27.8 Å². The van der Waals surface area contributed by atoms with Gasteiger partial charge < -0.3 is 14.4 Å². The smallest absolute Gasteiger partial charge is 0.253 e. The van der Waals surface area contributed by atoms with Crippen LogP contribution in [0.5, 0.6) is 11.5 Å². The van der Waals surface area contributed by atoms with E-state index >= 15 is 0 Å². The predicted molar refractivity (Wildman–Crippen MR) is 71.4 cm³/mol. The van der Waals surface area contributed by atoms with Crippen molar-refractivity contribution in [3.63, 3.8) is 0 Å². The Morgan fingerprint density at radius 3 is 2.44 bits per heavy atom. The number of rotatable bonds is 6. The lowest BCUT2D eigenvalue weighted by atomic mass is 10.1. The van der Waals surface area contributed by atoms with E-state index in [1.165, 1.54) is 0 Å². The largest absolute Gasteiger partial charge is 0.493 e. The summed E-state index contributed by atoms with van der Waals surface area (Å²) in [6, 6.07) is 5.22. The second-order valence-electron chi connectivity index (χ2n) is 4.15. The van der Waals surface area contributed by atoms with Gasteiger partial charge in [0, 0.05) is 19.2 Å². The van der Waals surface area contributed by atoms with Gasteiger partial charge in [-0.05, 0) is 24.6 Å². The van der Waals surface area contributed by atoms with Crippen LogP contribution in [-0.4, -0.2) is 38.6 Å². The fourth-order valence-electron chi connectivity index (χ4n) is 1.69. The van der Waals surface area contributed by atoms with Crippen molar-refractivity contribution in [2.24, 2.45) is 0 Å². The van der Waals surface area contributed by atoms with Crippen LogP contribution in [0.1, 0.15) is 30.1 Å². The highest BCUT2D eigenvalue weighted by Gasteiger charge is 2.14. The highest BCUT2D eigenvalue weighted by molar-refractivity contribution is 5.94. The van der Waals surface area contributed by atoms with E-state index < -0.39 is 0 Å². The third-order valence-electron chi connectivity index (χ3n) is 2.82. The van der Waals surface area contributed by atoms with Gasteiger partial charge in [-0.15, -0.1) is 0 Å². The van der Waals surface area contributed by atoms with Crippen molar-refractivity contribution >= 4 is 5.91 Å². The first-order chi connectivity index (χ1) is 8.63. The van der Waals surface area contributed by atoms with Crippen LogP contribution < -0.4 is 9.47 Å². The van der Waals surface area contributed by atoms with Gasteiger partial charge in [0.05, 0.1) is 14.2 Å². The minimum Gasteiger partial charge on any atom is -0.493 e. The second-order valence-corrected chi connectivity index (χ2v) is 4.15. The van der Waals surface area contributed by atoms with Crippen LogP contribution in [0, 0.1) is 0 Å². The Morgan fingerprint density at radius 1 is 1.22 bits per heavy atom. The first-order valence-corrected chi connectivity index (χ1v) is 6.11. The highest BCUT2D eigenvalue weighted by Crippen LogP contribution is 2.27. The van der Waals surface area contributed by atoms with Gasteiger partial charge in [-0.1, -0.05) is 13.3 Å². The summed E-state index contributed by atoms with van der Waals surface area (Å²) in [6.45, 7) is 2.87. The van der Waals surface area contributed by atoms with Crippen LogP contribution in [-0.2, 0) is 0 Å². The fraction of sp³-hybridized carbons (Fsp3) is 0.500. The molecule has 0 aliphatic carbocycles. The molecule has 0 bridgehead atoms. The monoisotopic (exact) mass is 251 g/mol. The number of nitrogens with zero attached hydrogens (tertiary/aromatic N) is 1. The maximum atomic E-state index is 12.1. The molecule has 4 nitrogen and oxygen atoms in total. The zero-order valence-electron chi connectivity index (χ0n) is 11.5. The molecule has 1 aromatic carbocycles. The minimum absolute atomic E-state index is 0.00408. The molecule has 0 spiro atoms. The number of benzene rings is 1. The molecule has 0 fully saturated rings. The molecule has 0 N–H and O–H groups in total. The molecule has 0 heterocycles. The van der Waals surface area contributed by atoms with Crippen LogP contribution in [0.2, 0.25) is 0 Å². The van der Waals surface area contributed by atoms with Gasteiger partial charge in [-0.2, -0.15) is 0 Å². The SMILES string of the molecule is CCCCN(C)C(=O)c1ccc(OC)c(OC)c1. The topological polar surface area (TPSA) is 38.8 Å². The molecule has 0 aliphatic rings. The fourth-order valence-corrected chi connectivity index (χ4v) is 1.69. The highest BCUT2D eigenvalue weighted by atomic mass is 16.5. The van der Waals surface area contributed by atoms with Gasteiger partial charge >= 0.3 is 0 Å². The molecule has 0 radical (unpaired) electrons. The van der Waals surface area contributed by atoms with E-state index in [0.29, 0.717) is 17.1 Å². The van der Waals surface area contributed by atoms with E-state index in [1.54, 1.807) is 37.3 Å². The van der Waals surface area contributed by atoms with Crippen molar-refractivity contribution in [3.05, 3.63) is 23.8 Å². The van der Waals surface area contributed by atoms with Gasteiger partial charge in [0.15, 0.2) is 11.5 Å². The summed E-state index contributed by atoms with van der Waals surface area (Å²) in [7, 11) is 4.95. The lowest BCUT2D eigenvalue weighted by Crippen LogP contribution is -2.27. The first-order valence-electron chi connectivity index (χ1n) is 6.11. The van der Waals surface area contributed by atoms with Crippen molar-refractivity contribution in [1.82, 2.24) is 4.90 Å². The summed E-state index contributed by atoms with van der Waals surface area (Å²) < 4.78 is 10.3. The van der Waals surface area contributed by atoms with E-state index in [9.17, 15) is 4.79 Å². The van der Waals surface area contributed by atoms with E-state index in [0.717, 1.165) is 19.4 Å². The summed E-state index contributed by atoms with van der Waals surface area (Å²) in [5.74, 6) is 1.21. The third kappa shape index (κ3) is 3.39. The molecule has 0 unspecified atom stereocenters. The Morgan fingerprint density at radius 2 is 1.89 bits per heavy atom. The van der Waals surface area contributed by atoms with E-state index in [-0.39, 0.29) is 5.91 Å². The lowest BCUT2D eigenvalue weighted by molar-refractivity contribution is 0.0793. The van der Waals surface area contributed by atoms with Crippen LogP contribution in [0.4, 0.5) is 0 Å². The number of amides is 1. The normalized spacial score (nSPS) is 10.0. The van der Waals surface area contributed by atoms with E-state index in [1.807, 2.05) is 7.05 Å². The molecule has 0 aromatic heterocycles. The molecule has 18 heavy (non-hydrogen) atoms. The predicted octanol–water partition coefficient (Wildman–Crippen LogP) is 2.58. The first kappa shape index (κ1) is 14.4. The van der Waals surface area contributed by atoms with E-state index in [4.69, 9.17) is 9.47 Å². The molecule has 1 aromatic rings. The van der Waals surface area contributed by atoms with Crippen molar-refractivity contribution in [2.45, 2.75) is 19.8 Å². The number of methoxy groups -OCH3 is 2. The van der Waals surface area contributed by atoms with Crippen LogP contribution in [0.15, 0.2) is 18.2 Å². The van der Waals surface area contributed by atoms with Crippen LogP contribution >= 0.6 is 0 Å². The van der Waals surface area contributed by atoms with Gasteiger partial charge in [0.25, 0.3) is 5.91 Å².